The Hall–Kier alpha value is -1.71. The summed E-state index contributed by atoms with van der Waals surface area (Å²) in [7, 11) is 1.33. The maximum Gasteiger partial charge on any atom is 0.343 e. The lowest BCUT2D eigenvalue weighted by atomic mass is 10.3. The quantitative estimate of drug-likeness (QED) is 0.749. The average molecular weight is 209 g/mol. The highest BCUT2D eigenvalue weighted by molar-refractivity contribution is 5.70. The first-order chi connectivity index (χ1) is 7.26. The van der Waals surface area contributed by atoms with Gasteiger partial charge in [0.1, 0.15) is 5.75 Å². The highest BCUT2D eigenvalue weighted by Crippen LogP contribution is 2.15. The van der Waals surface area contributed by atoms with Gasteiger partial charge >= 0.3 is 5.97 Å². The third-order valence-electron chi connectivity index (χ3n) is 1.82. The number of methoxy groups -OCH3 is 1. The fourth-order valence-electron chi connectivity index (χ4n) is 1.07. The summed E-state index contributed by atoms with van der Waals surface area (Å²) in [5, 5.41) is 3.16. The van der Waals surface area contributed by atoms with Gasteiger partial charge in [0.2, 0.25) is 0 Å². The molecule has 15 heavy (non-hydrogen) atoms. The van der Waals surface area contributed by atoms with E-state index >= 15 is 0 Å². The maximum atomic E-state index is 10.8. The van der Waals surface area contributed by atoms with E-state index in [1.807, 2.05) is 19.1 Å². The van der Waals surface area contributed by atoms with Crippen LogP contribution in [0.5, 0.6) is 5.75 Å². The van der Waals surface area contributed by atoms with E-state index in [0.29, 0.717) is 5.75 Å². The van der Waals surface area contributed by atoms with Crippen LogP contribution in [0.25, 0.3) is 0 Å². The normalized spacial score (nSPS) is 9.47. The second kappa shape index (κ2) is 5.90. The molecule has 0 bridgehead atoms. The van der Waals surface area contributed by atoms with Gasteiger partial charge in [-0.3, -0.25) is 0 Å². The van der Waals surface area contributed by atoms with Gasteiger partial charge < -0.3 is 14.8 Å². The molecule has 0 saturated carbocycles. The second-order valence-corrected chi connectivity index (χ2v) is 2.92. The van der Waals surface area contributed by atoms with Crippen molar-refractivity contribution in [3.8, 4) is 5.75 Å². The van der Waals surface area contributed by atoms with Gasteiger partial charge in [-0.05, 0) is 31.2 Å². The van der Waals surface area contributed by atoms with E-state index in [9.17, 15) is 4.79 Å². The van der Waals surface area contributed by atoms with E-state index in [2.05, 4.69) is 10.1 Å². The summed E-state index contributed by atoms with van der Waals surface area (Å²) < 4.78 is 9.65. The van der Waals surface area contributed by atoms with Crippen molar-refractivity contribution in [1.82, 2.24) is 0 Å². The van der Waals surface area contributed by atoms with Crippen molar-refractivity contribution in [1.29, 1.82) is 0 Å². The molecule has 0 fully saturated rings. The minimum absolute atomic E-state index is 0.0585. The van der Waals surface area contributed by atoms with Gasteiger partial charge in [0.05, 0.1) is 7.11 Å². The zero-order valence-corrected chi connectivity index (χ0v) is 8.95. The van der Waals surface area contributed by atoms with Crippen LogP contribution in [0.4, 0.5) is 5.69 Å². The van der Waals surface area contributed by atoms with Crippen molar-refractivity contribution in [2.24, 2.45) is 0 Å². The predicted octanol–water partition coefficient (Wildman–Crippen LogP) is 1.67. The molecule has 4 nitrogen and oxygen atoms in total. The van der Waals surface area contributed by atoms with Gasteiger partial charge in [-0.2, -0.15) is 0 Å². The highest BCUT2D eigenvalue weighted by Gasteiger charge is 2.01. The molecule has 0 radical (unpaired) electrons. The van der Waals surface area contributed by atoms with E-state index in [1.54, 1.807) is 12.1 Å². The Kier molecular flexibility index (Phi) is 4.47. The summed E-state index contributed by atoms with van der Waals surface area (Å²) in [6.45, 7) is 2.85. The molecule has 0 heterocycles. The van der Waals surface area contributed by atoms with Crippen molar-refractivity contribution < 1.29 is 14.3 Å². The Morgan fingerprint density at radius 2 is 2.00 bits per heavy atom. The van der Waals surface area contributed by atoms with Crippen molar-refractivity contribution in [3.63, 3.8) is 0 Å². The topological polar surface area (TPSA) is 47.6 Å². The van der Waals surface area contributed by atoms with Crippen molar-refractivity contribution in [3.05, 3.63) is 24.3 Å². The van der Waals surface area contributed by atoms with Gasteiger partial charge in [-0.25, -0.2) is 4.79 Å². The number of carbonyl (C=O) groups is 1. The molecule has 82 valence electrons. The molecule has 1 rings (SSSR count). The number of benzene rings is 1. The number of nitrogens with one attached hydrogen (secondary N) is 1. The molecular weight excluding hydrogens is 194 g/mol. The number of ether oxygens (including phenoxy) is 2. The summed E-state index contributed by atoms with van der Waals surface area (Å²) in [6, 6.07) is 7.41. The summed E-state index contributed by atoms with van der Waals surface area (Å²) in [5.74, 6) is 0.271. The van der Waals surface area contributed by atoms with Gasteiger partial charge in [-0.15, -0.1) is 0 Å². The lowest BCUT2D eigenvalue weighted by molar-refractivity contribution is -0.142. The molecule has 0 amide bonds. The van der Waals surface area contributed by atoms with E-state index in [4.69, 9.17) is 4.74 Å². The Labute approximate surface area is 89.2 Å². The van der Waals surface area contributed by atoms with Crippen LogP contribution in [0.1, 0.15) is 6.92 Å². The van der Waals surface area contributed by atoms with Gasteiger partial charge in [0.15, 0.2) is 6.61 Å². The van der Waals surface area contributed by atoms with Crippen molar-refractivity contribution in [2.75, 3.05) is 25.6 Å². The first-order valence-electron chi connectivity index (χ1n) is 4.79. The molecule has 0 spiro atoms. The minimum Gasteiger partial charge on any atom is -0.482 e. The molecule has 4 heteroatoms. The van der Waals surface area contributed by atoms with Crippen LogP contribution in [0.15, 0.2) is 24.3 Å². The largest absolute Gasteiger partial charge is 0.482 e. The summed E-state index contributed by atoms with van der Waals surface area (Å²) >= 11 is 0. The van der Waals surface area contributed by atoms with Crippen LogP contribution in [-0.2, 0) is 9.53 Å². The van der Waals surface area contributed by atoms with E-state index in [0.717, 1.165) is 12.2 Å². The molecule has 0 aromatic heterocycles. The summed E-state index contributed by atoms with van der Waals surface area (Å²) in [5.41, 5.74) is 1.03. The van der Waals surface area contributed by atoms with Crippen molar-refractivity contribution >= 4 is 11.7 Å². The second-order valence-electron chi connectivity index (χ2n) is 2.92. The Balaban J connectivity index is 2.45. The zero-order valence-electron chi connectivity index (χ0n) is 8.95. The van der Waals surface area contributed by atoms with Crippen LogP contribution in [-0.4, -0.2) is 26.2 Å². The molecule has 1 aromatic carbocycles. The van der Waals surface area contributed by atoms with E-state index in [-0.39, 0.29) is 12.6 Å². The van der Waals surface area contributed by atoms with Gasteiger partial charge in [0.25, 0.3) is 0 Å². The third kappa shape index (κ3) is 3.89. The lowest BCUT2D eigenvalue weighted by Crippen LogP contribution is -2.12. The molecule has 0 atom stereocenters. The van der Waals surface area contributed by atoms with Gasteiger partial charge in [0, 0.05) is 12.2 Å². The molecule has 0 aliphatic carbocycles. The fraction of sp³-hybridized carbons (Fsp3) is 0.364. The molecule has 0 aliphatic rings. The van der Waals surface area contributed by atoms with Crippen LogP contribution >= 0.6 is 0 Å². The first kappa shape index (κ1) is 11.4. The summed E-state index contributed by atoms with van der Waals surface area (Å²) in [4.78, 5) is 10.8. The fourth-order valence-corrected chi connectivity index (χ4v) is 1.07. The van der Waals surface area contributed by atoms with Crippen molar-refractivity contribution in [2.45, 2.75) is 6.92 Å². The molecule has 0 saturated heterocycles. The SMILES string of the molecule is CCNc1ccc(OCC(=O)OC)cc1. The predicted molar refractivity (Wildman–Crippen MR) is 58.1 cm³/mol. The standard InChI is InChI=1S/C11H15NO3/c1-3-12-9-4-6-10(7-5-9)15-8-11(13)14-2/h4-7,12H,3,8H2,1-2H3. The molecule has 0 aliphatic heterocycles. The third-order valence-corrected chi connectivity index (χ3v) is 1.82. The zero-order chi connectivity index (χ0) is 11.1. The number of anilines is 1. The molecule has 1 N–H and O–H groups in total. The van der Waals surface area contributed by atoms with Crippen LogP contribution in [0.2, 0.25) is 0 Å². The minimum atomic E-state index is -0.384. The summed E-state index contributed by atoms with van der Waals surface area (Å²) in [6.07, 6.45) is 0. The van der Waals surface area contributed by atoms with E-state index in [1.165, 1.54) is 7.11 Å². The first-order valence-corrected chi connectivity index (χ1v) is 4.79. The van der Waals surface area contributed by atoms with Crippen LogP contribution in [0, 0.1) is 0 Å². The molecule has 1 aromatic rings. The lowest BCUT2D eigenvalue weighted by Gasteiger charge is -2.06. The molecule has 0 unspecified atom stereocenters. The monoisotopic (exact) mass is 209 g/mol. The van der Waals surface area contributed by atoms with Gasteiger partial charge in [-0.1, -0.05) is 0 Å². The average Bonchev–Trinajstić information content (AvgIpc) is 2.28. The number of hydrogen-bond acceptors (Lipinski definition) is 4. The number of hydrogen-bond donors (Lipinski definition) is 1. The smallest absolute Gasteiger partial charge is 0.343 e. The number of esters is 1. The highest BCUT2D eigenvalue weighted by atomic mass is 16.6. The Morgan fingerprint density at radius 3 is 2.53 bits per heavy atom. The maximum absolute atomic E-state index is 10.8. The van der Waals surface area contributed by atoms with Crippen LogP contribution in [0.3, 0.4) is 0 Å². The van der Waals surface area contributed by atoms with E-state index < -0.39 is 0 Å². The molecular formula is C11H15NO3. The Bertz CT molecular complexity index is 308. The Morgan fingerprint density at radius 1 is 1.33 bits per heavy atom. The van der Waals surface area contributed by atoms with Crippen LogP contribution < -0.4 is 10.1 Å². The number of carbonyl (C=O) groups excluding carboxylic acids is 1. The number of rotatable bonds is 5.